The van der Waals surface area contributed by atoms with E-state index in [0.29, 0.717) is 37.0 Å². The Morgan fingerprint density at radius 3 is 1.83 bits per heavy atom. The van der Waals surface area contributed by atoms with Gasteiger partial charge in [-0.1, -0.05) is 0 Å². The van der Waals surface area contributed by atoms with Crippen LogP contribution in [0.15, 0.2) is 4.90 Å². The lowest BCUT2D eigenvalue weighted by Gasteiger charge is -2.38. The zero-order chi connectivity index (χ0) is 17.4. The topological polar surface area (TPSA) is 63.6 Å². The Kier molecular flexibility index (Phi) is 3.26. The molecule has 24 heavy (non-hydrogen) atoms. The van der Waals surface area contributed by atoms with Crippen LogP contribution in [0.2, 0.25) is 0 Å². The third-order valence-electron chi connectivity index (χ3n) is 5.63. The molecule has 0 aromatic heterocycles. The summed E-state index contributed by atoms with van der Waals surface area (Å²) in [4.78, 5) is -2.04. The van der Waals surface area contributed by atoms with E-state index in [2.05, 4.69) is 0 Å². The van der Waals surface area contributed by atoms with Crippen molar-refractivity contribution in [3.05, 3.63) is 23.3 Å². The second kappa shape index (κ2) is 4.85. The maximum atomic E-state index is 14.1. The molecule has 4 aliphatic rings. The second-order valence-corrected chi connectivity index (χ2v) is 8.50. The molecule has 0 aliphatic heterocycles. The van der Waals surface area contributed by atoms with Gasteiger partial charge in [0.15, 0.2) is 22.3 Å². The van der Waals surface area contributed by atoms with Crippen molar-refractivity contribution in [2.24, 2.45) is 17.8 Å². The zero-order valence-corrected chi connectivity index (χ0v) is 13.2. The molecular weight excluding hydrogens is 352 g/mol. The van der Waals surface area contributed by atoms with Crippen LogP contribution in [0.25, 0.3) is 0 Å². The van der Waals surface area contributed by atoms with Crippen LogP contribution in [-0.2, 0) is 10.1 Å². The van der Waals surface area contributed by atoms with Gasteiger partial charge in [-0.25, -0.2) is 8.78 Å². The molecule has 4 bridgehead atoms. The first-order valence-electron chi connectivity index (χ1n) is 7.64. The number of hydrogen-bond acceptors (Lipinski definition) is 3. The molecule has 4 saturated carbocycles. The molecule has 4 nitrogen and oxygen atoms in total. The molecule has 0 spiro atoms. The molecule has 0 amide bonds. The van der Waals surface area contributed by atoms with E-state index in [1.54, 1.807) is 0 Å². The highest BCUT2D eigenvalue weighted by Crippen LogP contribution is 2.61. The normalized spacial score (nSPS) is 34.1. The molecule has 1 aromatic carbocycles. The van der Waals surface area contributed by atoms with Crippen molar-refractivity contribution in [1.82, 2.24) is 0 Å². The highest BCUT2D eigenvalue weighted by atomic mass is 32.2. The smallest absolute Gasteiger partial charge is 0.300 e. The van der Waals surface area contributed by atoms with E-state index >= 15 is 0 Å². The van der Waals surface area contributed by atoms with Gasteiger partial charge in [0, 0.05) is 0 Å². The quantitative estimate of drug-likeness (QED) is 0.506. The Morgan fingerprint density at radius 2 is 1.42 bits per heavy atom. The first-order chi connectivity index (χ1) is 11.1. The molecule has 1 N–H and O–H groups in total. The van der Waals surface area contributed by atoms with Gasteiger partial charge in [-0.05, 0) is 49.9 Å². The van der Waals surface area contributed by atoms with Crippen LogP contribution in [0.5, 0.6) is 5.75 Å². The fourth-order valence-corrected chi connectivity index (χ4v) is 5.62. The Labute approximate surface area is 135 Å². The Hall–Kier alpha value is -1.35. The summed E-state index contributed by atoms with van der Waals surface area (Å²) >= 11 is 0. The van der Waals surface area contributed by atoms with Crippen molar-refractivity contribution in [2.45, 2.75) is 42.6 Å². The first kappa shape index (κ1) is 16.1. The van der Waals surface area contributed by atoms with Gasteiger partial charge in [0.2, 0.25) is 11.6 Å². The van der Waals surface area contributed by atoms with E-state index in [9.17, 15) is 26.0 Å². The van der Waals surface area contributed by atoms with Gasteiger partial charge < -0.3 is 4.74 Å². The van der Waals surface area contributed by atoms with Crippen LogP contribution in [-0.4, -0.2) is 18.6 Å². The van der Waals surface area contributed by atoms with Crippen molar-refractivity contribution < 1.29 is 35.3 Å². The van der Waals surface area contributed by atoms with Gasteiger partial charge in [0.05, 0.1) is 0 Å². The van der Waals surface area contributed by atoms with Crippen LogP contribution < -0.4 is 4.74 Å². The molecule has 1 aromatic rings. The van der Waals surface area contributed by atoms with Gasteiger partial charge in [-0.2, -0.15) is 17.2 Å². The van der Waals surface area contributed by atoms with E-state index in [4.69, 9.17) is 9.29 Å². The Bertz CT molecular complexity index is 790. The zero-order valence-electron chi connectivity index (χ0n) is 12.4. The SMILES string of the molecule is O=S(=O)(O)c1c(F)c(F)c(OC23CC4CC(C2)C(C4)C3)c(F)c1F. The average molecular weight is 366 g/mol. The van der Waals surface area contributed by atoms with Gasteiger partial charge in [-0.3, -0.25) is 4.55 Å². The number of rotatable bonds is 3. The summed E-state index contributed by atoms with van der Waals surface area (Å²) in [6, 6.07) is 0. The van der Waals surface area contributed by atoms with Crippen LogP contribution in [0.3, 0.4) is 0 Å². The largest absolute Gasteiger partial charge is 0.481 e. The summed E-state index contributed by atoms with van der Waals surface area (Å²) in [5.74, 6) is -8.35. The summed E-state index contributed by atoms with van der Waals surface area (Å²) in [6.45, 7) is 0. The molecular formula is C15H14F4O4S. The summed E-state index contributed by atoms with van der Waals surface area (Å²) in [5.41, 5.74) is -0.864. The number of benzene rings is 1. The number of halogens is 4. The molecule has 2 atom stereocenters. The van der Waals surface area contributed by atoms with E-state index < -0.39 is 49.6 Å². The van der Waals surface area contributed by atoms with Crippen molar-refractivity contribution in [3.63, 3.8) is 0 Å². The summed E-state index contributed by atoms with van der Waals surface area (Å²) < 4.78 is 92.1. The number of ether oxygens (including phenoxy) is 1. The van der Waals surface area contributed by atoms with E-state index in [1.807, 2.05) is 0 Å². The fraction of sp³-hybridized carbons (Fsp3) is 0.600. The Balaban J connectivity index is 1.78. The third-order valence-corrected chi connectivity index (χ3v) is 6.50. The van der Waals surface area contributed by atoms with Crippen molar-refractivity contribution >= 4 is 10.1 Å². The van der Waals surface area contributed by atoms with Crippen LogP contribution >= 0.6 is 0 Å². The maximum absolute atomic E-state index is 14.1. The maximum Gasteiger partial charge on any atom is 0.300 e. The monoisotopic (exact) mass is 366 g/mol. The highest BCUT2D eigenvalue weighted by molar-refractivity contribution is 7.85. The highest BCUT2D eigenvalue weighted by Gasteiger charge is 2.58. The molecule has 5 rings (SSSR count). The van der Waals surface area contributed by atoms with E-state index in [-0.39, 0.29) is 0 Å². The average Bonchev–Trinajstić information content (AvgIpc) is 2.87. The van der Waals surface area contributed by atoms with Gasteiger partial charge in [-0.15, -0.1) is 0 Å². The molecule has 0 saturated heterocycles. The fourth-order valence-electron chi connectivity index (χ4n) is 4.98. The molecule has 0 radical (unpaired) electrons. The number of hydrogen-bond donors (Lipinski definition) is 1. The van der Waals surface area contributed by atoms with Crippen molar-refractivity contribution in [3.8, 4) is 5.75 Å². The lowest BCUT2D eigenvalue weighted by atomic mass is 9.78. The van der Waals surface area contributed by atoms with E-state index in [0.717, 1.165) is 12.8 Å². The van der Waals surface area contributed by atoms with Crippen molar-refractivity contribution in [2.75, 3.05) is 0 Å². The molecule has 2 unspecified atom stereocenters. The van der Waals surface area contributed by atoms with Crippen LogP contribution in [0, 0.1) is 41.0 Å². The summed E-state index contributed by atoms with van der Waals surface area (Å²) in [7, 11) is -5.46. The standard InChI is InChI=1S/C15H14F4O4S/c16-9-11(18)14(24(20,21)22)12(19)10(17)13(9)23-15-3-6-1-7(4-15)8(2-6)5-15/h6-8H,1-5H2,(H,20,21,22). The third kappa shape index (κ3) is 2.17. The lowest BCUT2D eigenvalue weighted by molar-refractivity contribution is 0.00539. The van der Waals surface area contributed by atoms with Gasteiger partial charge >= 0.3 is 10.1 Å². The van der Waals surface area contributed by atoms with Crippen LogP contribution in [0.1, 0.15) is 32.1 Å². The van der Waals surface area contributed by atoms with Crippen molar-refractivity contribution in [1.29, 1.82) is 0 Å². The lowest BCUT2D eigenvalue weighted by Crippen LogP contribution is -2.40. The van der Waals surface area contributed by atoms with Crippen LogP contribution in [0.4, 0.5) is 17.6 Å². The molecule has 4 aliphatic carbocycles. The first-order valence-corrected chi connectivity index (χ1v) is 9.08. The minimum Gasteiger partial charge on any atom is -0.481 e. The Morgan fingerprint density at radius 1 is 0.917 bits per heavy atom. The predicted molar refractivity (Wildman–Crippen MR) is 73.0 cm³/mol. The minimum absolute atomic E-state index is 0.375. The minimum atomic E-state index is -5.46. The second-order valence-electron chi connectivity index (χ2n) is 7.14. The van der Waals surface area contributed by atoms with Gasteiger partial charge in [0.1, 0.15) is 5.60 Å². The van der Waals surface area contributed by atoms with E-state index in [1.165, 1.54) is 0 Å². The molecule has 132 valence electrons. The van der Waals surface area contributed by atoms with Gasteiger partial charge in [0.25, 0.3) is 0 Å². The molecule has 4 fully saturated rings. The summed E-state index contributed by atoms with van der Waals surface area (Å²) in [5, 5.41) is 0. The predicted octanol–water partition coefficient (Wildman–Crippen LogP) is 3.45. The molecule has 0 heterocycles. The summed E-state index contributed by atoms with van der Waals surface area (Å²) in [6.07, 6.45) is 3.76. The molecule has 9 heteroatoms.